The summed E-state index contributed by atoms with van der Waals surface area (Å²) in [7, 11) is 1.20. The summed E-state index contributed by atoms with van der Waals surface area (Å²) in [5.41, 5.74) is -0.568. The van der Waals surface area contributed by atoms with Crippen molar-refractivity contribution in [3.05, 3.63) is 184 Å². The van der Waals surface area contributed by atoms with Crippen LogP contribution in [-0.4, -0.2) is 83.6 Å². The van der Waals surface area contributed by atoms with E-state index in [4.69, 9.17) is 37.6 Å². The monoisotopic (exact) mass is 894 g/mol. The molecule has 1 fully saturated rings. The summed E-state index contributed by atoms with van der Waals surface area (Å²) in [6.07, 6.45) is -8.56. The minimum Gasteiger partial charge on any atom is -0.507 e. The van der Waals surface area contributed by atoms with Gasteiger partial charge < -0.3 is 52.9 Å². The van der Waals surface area contributed by atoms with Gasteiger partial charge in [-0.2, -0.15) is 0 Å². The molecule has 2 unspecified atom stereocenters. The summed E-state index contributed by atoms with van der Waals surface area (Å²) in [6, 6.07) is 37.3. The number of methoxy groups -OCH3 is 1. The summed E-state index contributed by atoms with van der Waals surface area (Å²) in [5.74, 6) is -5.98. The van der Waals surface area contributed by atoms with Gasteiger partial charge in [0, 0.05) is 17.7 Å². The van der Waals surface area contributed by atoms with Crippen LogP contribution in [0.15, 0.2) is 161 Å². The zero-order valence-electron chi connectivity index (χ0n) is 34.7. The second-order valence-corrected chi connectivity index (χ2v) is 14.6. The van der Waals surface area contributed by atoms with Gasteiger partial charge in [-0.05, 0) is 66.7 Å². The second-order valence-electron chi connectivity index (χ2n) is 14.6. The summed E-state index contributed by atoms with van der Waals surface area (Å²) in [6.45, 7) is -0.639. The molecule has 334 valence electrons. The Kier molecular flexibility index (Phi) is 12.9. The summed E-state index contributed by atoms with van der Waals surface area (Å²) in [5, 5.41) is 31.2. The van der Waals surface area contributed by atoms with Crippen LogP contribution < -0.4 is 14.9 Å². The van der Waals surface area contributed by atoms with E-state index < -0.39 is 83.9 Å². The molecule has 0 bridgehead atoms. The molecule has 1 aromatic heterocycles. The van der Waals surface area contributed by atoms with Crippen molar-refractivity contribution in [3.8, 4) is 40.1 Å². The van der Waals surface area contributed by atoms with E-state index in [9.17, 15) is 39.3 Å². The molecule has 1 aliphatic heterocycles. The van der Waals surface area contributed by atoms with E-state index in [0.29, 0.717) is 0 Å². The molecule has 8 rings (SSSR count). The van der Waals surface area contributed by atoms with E-state index in [0.717, 1.165) is 12.1 Å². The van der Waals surface area contributed by atoms with Crippen molar-refractivity contribution in [1.82, 2.24) is 0 Å². The maximum absolute atomic E-state index is 14.0. The van der Waals surface area contributed by atoms with E-state index in [2.05, 4.69) is 0 Å². The second kappa shape index (κ2) is 19.4. The highest BCUT2D eigenvalue weighted by atomic mass is 16.7. The van der Waals surface area contributed by atoms with E-state index in [1.54, 1.807) is 72.8 Å². The van der Waals surface area contributed by atoms with Gasteiger partial charge in [-0.15, -0.1) is 0 Å². The Balaban J connectivity index is 1.25. The zero-order valence-corrected chi connectivity index (χ0v) is 34.7. The van der Waals surface area contributed by atoms with Gasteiger partial charge in [0.15, 0.2) is 29.5 Å². The predicted octanol–water partition coefficient (Wildman–Crippen LogP) is 7.22. The Morgan fingerprint density at radius 2 is 1.06 bits per heavy atom. The number of benzene rings is 6. The highest BCUT2D eigenvalue weighted by molar-refractivity contribution is 5.92. The van der Waals surface area contributed by atoms with Crippen LogP contribution in [0.2, 0.25) is 0 Å². The maximum Gasteiger partial charge on any atom is 0.338 e. The van der Waals surface area contributed by atoms with Crippen LogP contribution in [0.3, 0.4) is 0 Å². The molecule has 1 aliphatic rings. The van der Waals surface area contributed by atoms with E-state index in [1.165, 1.54) is 73.8 Å². The van der Waals surface area contributed by atoms with E-state index in [1.807, 2.05) is 0 Å². The lowest BCUT2D eigenvalue weighted by Gasteiger charge is -2.44. The molecule has 6 aromatic carbocycles. The molecule has 5 atom stereocenters. The minimum atomic E-state index is -1.83. The highest BCUT2D eigenvalue weighted by Gasteiger charge is 2.54. The van der Waals surface area contributed by atoms with E-state index in [-0.39, 0.29) is 56.0 Å². The summed E-state index contributed by atoms with van der Waals surface area (Å²) < 4.78 is 48.2. The van der Waals surface area contributed by atoms with Gasteiger partial charge in [0.1, 0.15) is 35.2 Å². The molecule has 66 heavy (non-hydrogen) atoms. The number of ether oxygens (including phenoxy) is 7. The number of rotatable bonds is 13. The molecule has 0 radical (unpaired) electrons. The van der Waals surface area contributed by atoms with Crippen LogP contribution in [0.25, 0.3) is 22.3 Å². The van der Waals surface area contributed by atoms with Crippen molar-refractivity contribution < 1.29 is 72.1 Å². The molecule has 1 saturated heterocycles. The number of phenols is 3. The van der Waals surface area contributed by atoms with E-state index >= 15 is 0 Å². The fraction of sp³-hybridized carbons (Fsp3) is 0.140. The van der Waals surface area contributed by atoms with Crippen molar-refractivity contribution >= 4 is 34.8 Å². The quantitative estimate of drug-likeness (QED) is 0.0590. The number of carbonyl (C=O) groups is 4. The predicted molar refractivity (Wildman–Crippen MR) is 232 cm³/mol. The lowest BCUT2D eigenvalue weighted by atomic mass is 9.97. The SMILES string of the molecule is COc1c(-c2ccc(O)c(O)c2)oc2cc(O[C@@H]3OC(COC(=O)c4ccccc4)[C@H](OC(=O)c4ccccc4)C(OC(=O)c4ccccc4)[C@@H]3OC(=O)c3ccccc3)cc(O)c2c1=O. The average molecular weight is 895 g/mol. The van der Waals surface area contributed by atoms with Gasteiger partial charge in [-0.25, -0.2) is 19.2 Å². The molecule has 7 aromatic rings. The van der Waals surface area contributed by atoms with Crippen LogP contribution in [0, 0.1) is 0 Å². The normalized spacial score (nSPS) is 17.8. The third-order valence-electron chi connectivity index (χ3n) is 10.3. The Morgan fingerprint density at radius 1 is 0.561 bits per heavy atom. The lowest BCUT2D eigenvalue weighted by molar-refractivity contribution is -0.275. The van der Waals surface area contributed by atoms with Gasteiger partial charge >= 0.3 is 23.9 Å². The number of carbonyl (C=O) groups excluding carboxylic acids is 4. The number of fused-ring (bicyclic) bond motifs is 1. The van der Waals surface area contributed by atoms with Crippen molar-refractivity contribution in [1.29, 1.82) is 0 Å². The van der Waals surface area contributed by atoms with Gasteiger partial charge in [-0.1, -0.05) is 72.8 Å². The molecule has 2 heterocycles. The molecule has 0 aliphatic carbocycles. The number of hydrogen-bond donors (Lipinski definition) is 3. The number of phenolic OH excluding ortho intramolecular Hbond substituents is 3. The van der Waals surface area contributed by atoms with Crippen LogP contribution in [0.5, 0.6) is 28.7 Å². The molecular weight excluding hydrogens is 857 g/mol. The Bertz CT molecular complexity index is 2940. The smallest absolute Gasteiger partial charge is 0.338 e. The number of hydrogen-bond acceptors (Lipinski definition) is 16. The van der Waals surface area contributed by atoms with Gasteiger partial charge in [-0.3, -0.25) is 4.79 Å². The minimum absolute atomic E-state index is 0.0630. The summed E-state index contributed by atoms with van der Waals surface area (Å²) in [4.78, 5) is 69.0. The molecule has 0 amide bonds. The Labute approximate surface area is 374 Å². The Morgan fingerprint density at radius 3 is 1.58 bits per heavy atom. The fourth-order valence-corrected chi connectivity index (χ4v) is 7.12. The fourth-order valence-electron chi connectivity index (χ4n) is 7.12. The molecular formula is C50H38O16. The molecule has 16 nitrogen and oxygen atoms in total. The number of esters is 4. The van der Waals surface area contributed by atoms with Crippen molar-refractivity contribution in [2.75, 3.05) is 13.7 Å². The van der Waals surface area contributed by atoms with Crippen LogP contribution >= 0.6 is 0 Å². The summed E-state index contributed by atoms with van der Waals surface area (Å²) >= 11 is 0. The third-order valence-corrected chi connectivity index (χ3v) is 10.3. The number of aromatic hydroxyl groups is 3. The van der Waals surface area contributed by atoms with Crippen LogP contribution in [0.1, 0.15) is 41.4 Å². The van der Waals surface area contributed by atoms with Crippen LogP contribution in [0.4, 0.5) is 0 Å². The first-order chi connectivity index (χ1) is 32.0. The first-order valence-electron chi connectivity index (χ1n) is 20.2. The van der Waals surface area contributed by atoms with Gasteiger partial charge in [0.2, 0.25) is 23.6 Å². The van der Waals surface area contributed by atoms with Crippen molar-refractivity contribution in [3.63, 3.8) is 0 Å². The van der Waals surface area contributed by atoms with Gasteiger partial charge in [0.25, 0.3) is 0 Å². The highest BCUT2D eigenvalue weighted by Crippen LogP contribution is 2.40. The Hall–Kier alpha value is -8.63. The zero-order chi connectivity index (χ0) is 46.3. The van der Waals surface area contributed by atoms with Crippen molar-refractivity contribution in [2.24, 2.45) is 0 Å². The average Bonchev–Trinajstić information content (AvgIpc) is 3.34. The maximum atomic E-state index is 14.0. The molecule has 3 N–H and O–H groups in total. The molecule has 0 spiro atoms. The first-order valence-corrected chi connectivity index (χ1v) is 20.2. The lowest BCUT2D eigenvalue weighted by Crippen LogP contribution is -2.63. The topological polar surface area (TPSA) is 224 Å². The molecule has 16 heteroatoms. The first kappa shape index (κ1) is 44.0. The van der Waals surface area contributed by atoms with Crippen LogP contribution in [-0.2, 0) is 23.7 Å². The molecule has 0 saturated carbocycles. The standard InChI is InChI=1S/C50H38O16/c1-59-43-40(54)39-36(53)25-33(26-37(39)62-41(43)32-22-23-34(51)35(52)24-32)61-50-45(66-49(58)31-20-12-5-13-21-31)44(65-48(57)30-18-10-4-11-19-30)42(64-47(56)29-16-8-3-9-17-29)38(63-50)27-60-46(55)28-14-6-2-7-15-28/h2-26,38,42,44-45,50-53H,27H2,1H3/t38?,42-,44?,45-,50+/m0/s1. The third kappa shape index (κ3) is 9.48. The van der Waals surface area contributed by atoms with Crippen molar-refractivity contribution in [2.45, 2.75) is 30.7 Å². The van der Waals surface area contributed by atoms with Gasteiger partial charge in [0.05, 0.1) is 29.4 Å². The largest absolute Gasteiger partial charge is 0.507 e.